The molecule has 4 rings (SSSR count). The number of aryl methyl sites for hydroxylation is 1. The van der Waals surface area contributed by atoms with E-state index in [-0.39, 0.29) is 0 Å². The van der Waals surface area contributed by atoms with Gasteiger partial charge in [-0.15, -0.1) is 0 Å². The third-order valence-electron chi connectivity index (χ3n) is 4.65. The van der Waals surface area contributed by atoms with Crippen molar-refractivity contribution in [1.29, 1.82) is 0 Å². The van der Waals surface area contributed by atoms with Crippen molar-refractivity contribution in [2.45, 2.75) is 19.9 Å². The van der Waals surface area contributed by atoms with Crippen LogP contribution in [0.1, 0.15) is 11.1 Å². The van der Waals surface area contributed by atoms with Crippen LogP contribution in [0.15, 0.2) is 36.7 Å². The first-order valence-corrected chi connectivity index (χ1v) is 8.32. The highest BCUT2D eigenvalue weighted by molar-refractivity contribution is 5.83. The number of anilines is 1. The molecule has 120 valence electrons. The van der Waals surface area contributed by atoms with Gasteiger partial charge in [-0.05, 0) is 37.1 Å². The van der Waals surface area contributed by atoms with E-state index in [2.05, 4.69) is 56.7 Å². The maximum atomic E-state index is 4.34. The van der Waals surface area contributed by atoms with Crippen LogP contribution in [0.5, 0.6) is 0 Å². The summed E-state index contributed by atoms with van der Waals surface area (Å²) in [4.78, 5) is 3.38. The molecule has 1 aliphatic rings. The molecular weight excluding hydrogens is 286 g/mol. The van der Waals surface area contributed by atoms with Gasteiger partial charge in [0.05, 0.1) is 6.20 Å². The first-order valence-electron chi connectivity index (χ1n) is 8.32. The largest absolute Gasteiger partial charge is 0.370 e. The van der Waals surface area contributed by atoms with Gasteiger partial charge in [-0.2, -0.15) is 5.10 Å². The summed E-state index contributed by atoms with van der Waals surface area (Å²) in [7, 11) is 0. The Morgan fingerprint density at radius 1 is 1.35 bits per heavy atom. The van der Waals surface area contributed by atoms with E-state index in [1.165, 1.54) is 22.0 Å². The molecule has 0 bridgehead atoms. The quantitative estimate of drug-likeness (QED) is 0.635. The van der Waals surface area contributed by atoms with E-state index < -0.39 is 0 Å². The standard InChI is InChI=1S/C18H23N5/c1-13-2-3-16-15(11-20-17(16)8-13)4-6-19-9-14-10-21-18-5-7-22-23(18)12-14/h2-3,5,7-8,11,14,19-21H,4,6,9-10,12H2,1H3. The molecule has 1 unspecified atom stereocenters. The fourth-order valence-electron chi connectivity index (χ4n) is 3.36. The van der Waals surface area contributed by atoms with Crippen LogP contribution in [0.4, 0.5) is 5.82 Å². The first-order chi connectivity index (χ1) is 11.3. The SMILES string of the molecule is Cc1ccc2c(CCNCC3CNc4ccnn4C3)c[nH]c2c1. The zero-order chi connectivity index (χ0) is 15.6. The van der Waals surface area contributed by atoms with Crippen molar-refractivity contribution < 1.29 is 0 Å². The lowest BCUT2D eigenvalue weighted by Gasteiger charge is -2.25. The smallest absolute Gasteiger partial charge is 0.124 e. The number of aromatic amines is 1. The molecule has 1 aliphatic heterocycles. The number of hydrogen-bond acceptors (Lipinski definition) is 3. The maximum Gasteiger partial charge on any atom is 0.124 e. The Bertz CT molecular complexity index is 801. The molecule has 5 nitrogen and oxygen atoms in total. The maximum absolute atomic E-state index is 4.34. The molecule has 3 N–H and O–H groups in total. The molecule has 0 radical (unpaired) electrons. The minimum Gasteiger partial charge on any atom is -0.370 e. The minimum absolute atomic E-state index is 0.591. The van der Waals surface area contributed by atoms with Crippen LogP contribution in [0.2, 0.25) is 0 Å². The molecule has 0 spiro atoms. The summed E-state index contributed by atoms with van der Waals surface area (Å²) in [5, 5.41) is 12.7. The van der Waals surface area contributed by atoms with E-state index in [9.17, 15) is 0 Å². The lowest BCUT2D eigenvalue weighted by Crippen LogP contribution is -2.35. The molecule has 0 saturated carbocycles. The normalized spacial score (nSPS) is 17.2. The average Bonchev–Trinajstić information content (AvgIpc) is 3.17. The molecule has 0 aliphatic carbocycles. The molecule has 3 aromatic rings. The molecule has 0 saturated heterocycles. The van der Waals surface area contributed by atoms with Crippen LogP contribution in [-0.2, 0) is 13.0 Å². The number of hydrogen-bond donors (Lipinski definition) is 3. The van der Waals surface area contributed by atoms with E-state index in [1.807, 2.05) is 12.3 Å². The van der Waals surface area contributed by atoms with Crippen molar-refractivity contribution in [3.8, 4) is 0 Å². The zero-order valence-electron chi connectivity index (χ0n) is 13.5. The summed E-state index contributed by atoms with van der Waals surface area (Å²) in [6, 6.07) is 8.65. The Kier molecular flexibility index (Phi) is 3.79. The Morgan fingerprint density at radius 2 is 2.30 bits per heavy atom. The fourth-order valence-corrected chi connectivity index (χ4v) is 3.36. The predicted octanol–water partition coefficient (Wildman–Crippen LogP) is 2.55. The van der Waals surface area contributed by atoms with Crippen molar-refractivity contribution in [3.63, 3.8) is 0 Å². The molecular formula is C18H23N5. The van der Waals surface area contributed by atoms with Crippen LogP contribution in [0.3, 0.4) is 0 Å². The third-order valence-corrected chi connectivity index (χ3v) is 4.65. The summed E-state index contributed by atoms with van der Waals surface area (Å²) in [5.74, 6) is 1.73. The summed E-state index contributed by atoms with van der Waals surface area (Å²) < 4.78 is 2.05. The van der Waals surface area contributed by atoms with E-state index in [1.54, 1.807) is 0 Å². The van der Waals surface area contributed by atoms with Gasteiger partial charge in [0.2, 0.25) is 0 Å². The van der Waals surface area contributed by atoms with Crippen LogP contribution >= 0.6 is 0 Å². The summed E-state index contributed by atoms with van der Waals surface area (Å²) in [6.45, 7) is 6.17. The molecule has 5 heteroatoms. The van der Waals surface area contributed by atoms with Gasteiger partial charge < -0.3 is 15.6 Å². The van der Waals surface area contributed by atoms with Gasteiger partial charge in [0.15, 0.2) is 0 Å². The van der Waals surface area contributed by atoms with Crippen LogP contribution < -0.4 is 10.6 Å². The topological polar surface area (TPSA) is 57.7 Å². The Balaban J connectivity index is 1.29. The highest BCUT2D eigenvalue weighted by Gasteiger charge is 2.17. The summed E-state index contributed by atoms with van der Waals surface area (Å²) >= 11 is 0. The van der Waals surface area contributed by atoms with E-state index >= 15 is 0 Å². The van der Waals surface area contributed by atoms with Gasteiger partial charge in [0.25, 0.3) is 0 Å². The predicted molar refractivity (Wildman–Crippen MR) is 93.8 cm³/mol. The van der Waals surface area contributed by atoms with Gasteiger partial charge >= 0.3 is 0 Å². The fraction of sp³-hybridized carbons (Fsp3) is 0.389. The number of fused-ring (bicyclic) bond motifs is 2. The van der Waals surface area contributed by atoms with Gasteiger partial charge in [-0.1, -0.05) is 12.1 Å². The highest BCUT2D eigenvalue weighted by atomic mass is 15.3. The summed E-state index contributed by atoms with van der Waals surface area (Å²) in [5.41, 5.74) is 3.93. The van der Waals surface area contributed by atoms with Crippen LogP contribution in [0.25, 0.3) is 10.9 Å². The van der Waals surface area contributed by atoms with Gasteiger partial charge in [-0.25, -0.2) is 4.68 Å². The Morgan fingerprint density at radius 3 is 3.26 bits per heavy atom. The van der Waals surface area contributed by atoms with E-state index in [0.717, 1.165) is 38.4 Å². The number of nitrogens with zero attached hydrogens (tertiary/aromatic N) is 2. The van der Waals surface area contributed by atoms with Crippen molar-refractivity contribution in [1.82, 2.24) is 20.1 Å². The Hall–Kier alpha value is -2.27. The lowest BCUT2D eigenvalue weighted by atomic mass is 10.1. The molecule has 1 aromatic carbocycles. The number of aromatic nitrogens is 3. The van der Waals surface area contributed by atoms with Crippen molar-refractivity contribution in [2.75, 3.05) is 25.0 Å². The molecule has 0 amide bonds. The Labute approximate surface area is 136 Å². The van der Waals surface area contributed by atoms with Crippen molar-refractivity contribution in [3.05, 3.63) is 47.8 Å². The number of nitrogens with one attached hydrogen (secondary N) is 3. The molecule has 1 atom stereocenters. The monoisotopic (exact) mass is 309 g/mol. The number of rotatable bonds is 5. The second kappa shape index (κ2) is 6.08. The van der Waals surface area contributed by atoms with Crippen LogP contribution in [-0.4, -0.2) is 34.4 Å². The van der Waals surface area contributed by atoms with Crippen molar-refractivity contribution in [2.24, 2.45) is 5.92 Å². The van der Waals surface area contributed by atoms with Gasteiger partial charge in [0.1, 0.15) is 5.82 Å². The minimum atomic E-state index is 0.591. The van der Waals surface area contributed by atoms with Gasteiger partial charge in [-0.3, -0.25) is 0 Å². The first kappa shape index (κ1) is 14.3. The second-order valence-electron chi connectivity index (χ2n) is 6.46. The molecule has 3 heterocycles. The van der Waals surface area contributed by atoms with E-state index in [4.69, 9.17) is 0 Å². The van der Waals surface area contributed by atoms with Crippen molar-refractivity contribution >= 4 is 16.7 Å². The second-order valence-corrected chi connectivity index (χ2v) is 6.46. The molecule has 23 heavy (non-hydrogen) atoms. The van der Waals surface area contributed by atoms with E-state index in [0.29, 0.717) is 5.92 Å². The van der Waals surface area contributed by atoms with Crippen LogP contribution in [0, 0.1) is 12.8 Å². The molecule has 0 fully saturated rings. The zero-order valence-corrected chi connectivity index (χ0v) is 13.5. The van der Waals surface area contributed by atoms with Gasteiger partial charge in [0, 0.05) is 48.7 Å². The molecule has 2 aromatic heterocycles. The number of benzene rings is 1. The number of H-pyrrole nitrogens is 1. The highest BCUT2D eigenvalue weighted by Crippen LogP contribution is 2.20. The summed E-state index contributed by atoms with van der Waals surface area (Å²) in [6.07, 6.45) is 5.05. The lowest BCUT2D eigenvalue weighted by molar-refractivity contribution is 0.393. The third kappa shape index (κ3) is 2.97. The average molecular weight is 309 g/mol.